The predicted molar refractivity (Wildman–Crippen MR) is 75.4 cm³/mol. The Morgan fingerprint density at radius 3 is 2.61 bits per heavy atom. The first kappa shape index (κ1) is 15.5. The van der Waals surface area contributed by atoms with Crippen molar-refractivity contribution in [1.29, 1.82) is 0 Å². The first-order valence-corrected chi connectivity index (χ1v) is 7.01. The number of hydrogen-bond donors (Lipinski definition) is 2. The largest absolute Gasteiger partial charge is 0.395 e. The van der Waals surface area contributed by atoms with Crippen LogP contribution in [0.4, 0.5) is 4.39 Å². The summed E-state index contributed by atoms with van der Waals surface area (Å²) in [6.45, 7) is 8.80. The lowest BCUT2D eigenvalue weighted by Crippen LogP contribution is -2.35. The van der Waals surface area contributed by atoms with E-state index >= 15 is 0 Å². The van der Waals surface area contributed by atoms with Crippen LogP contribution in [-0.4, -0.2) is 22.5 Å². The summed E-state index contributed by atoms with van der Waals surface area (Å²) in [7, 11) is 0. The molecule has 0 aliphatic heterocycles. The maximum atomic E-state index is 13.8. The van der Waals surface area contributed by atoms with Gasteiger partial charge in [-0.05, 0) is 32.4 Å². The Morgan fingerprint density at radius 1 is 1.39 bits per heavy atom. The molecule has 0 heterocycles. The third-order valence-electron chi connectivity index (χ3n) is 2.43. The summed E-state index contributed by atoms with van der Waals surface area (Å²) in [5, 5.41) is 12.4. The van der Waals surface area contributed by atoms with Crippen LogP contribution in [0.5, 0.6) is 0 Å². The molecule has 1 unspecified atom stereocenters. The van der Waals surface area contributed by atoms with Gasteiger partial charge >= 0.3 is 0 Å². The Kier molecular flexibility index (Phi) is 5.63. The Bertz CT molecular complexity index is 390. The Morgan fingerprint density at radius 2 is 2.06 bits per heavy atom. The monoisotopic (exact) mass is 271 g/mol. The van der Waals surface area contributed by atoms with Crippen LogP contribution in [0, 0.1) is 5.82 Å². The smallest absolute Gasteiger partial charge is 0.137 e. The zero-order valence-electron chi connectivity index (χ0n) is 11.5. The molecular weight excluding hydrogens is 249 g/mol. The Hall–Kier alpha value is -0.580. The number of nitrogens with one attached hydrogen (secondary N) is 1. The topological polar surface area (TPSA) is 32.3 Å². The molecular formula is C14H22FNOS. The fourth-order valence-electron chi connectivity index (χ4n) is 1.42. The second-order valence-corrected chi connectivity index (χ2v) is 6.89. The van der Waals surface area contributed by atoms with E-state index in [1.54, 1.807) is 6.07 Å². The summed E-state index contributed by atoms with van der Waals surface area (Å²) in [5.41, 5.74) is 0.937. The number of aliphatic hydroxyl groups excluding tert-OH is 1. The van der Waals surface area contributed by atoms with Crippen molar-refractivity contribution in [2.24, 2.45) is 0 Å². The minimum atomic E-state index is -0.214. The van der Waals surface area contributed by atoms with E-state index in [9.17, 15) is 4.39 Å². The molecule has 2 nitrogen and oxygen atoms in total. The van der Waals surface area contributed by atoms with Gasteiger partial charge in [-0.15, -0.1) is 11.8 Å². The lowest BCUT2D eigenvalue weighted by atomic mass is 10.1. The fourth-order valence-corrected chi connectivity index (χ4v) is 2.37. The molecule has 0 radical (unpaired) electrons. The molecule has 0 spiro atoms. The summed E-state index contributed by atoms with van der Waals surface area (Å²) in [6.07, 6.45) is 0. The van der Waals surface area contributed by atoms with E-state index in [2.05, 4.69) is 26.1 Å². The summed E-state index contributed by atoms with van der Waals surface area (Å²) < 4.78 is 13.8. The van der Waals surface area contributed by atoms with Crippen molar-refractivity contribution in [2.45, 2.75) is 49.9 Å². The van der Waals surface area contributed by atoms with E-state index in [1.165, 1.54) is 17.8 Å². The van der Waals surface area contributed by atoms with Gasteiger partial charge in [-0.25, -0.2) is 4.39 Å². The van der Waals surface area contributed by atoms with Crippen molar-refractivity contribution >= 4 is 11.8 Å². The minimum absolute atomic E-state index is 0.00313. The van der Waals surface area contributed by atoms with Crippen LogP contribution >= 0.6 is 11.8 Å². The van der Waals surface area contributed by atoms with E-state index in [0.29, 0.717) is 11.4 Å². The molecule has 1 aromatic carbocycles. The molecule has 1 atom stereocenters. The van der Waals surface area contributed by atoms with Crippen LogP contribution in [0.25, 0.3) is 0 Å². The Balaban J connectivity index is 2.86. The average Bonchev–Trinajstić information content (AvgIpc) is 2.28. The molecule has 0 aliphatic carbocycles. The minimum Gasteiger partial charge on any atom is -0.395 e. The number of hydrogen-bond acceptors (Lipinski definition) is 3. The van der Waals surface area contributed by atoms with Crippen molar-refractivity contribution in [3.05, 3.63) is 29.6 Å². The molecule has 0 saturated carbocycles. The van der Waals surface area contributed by atoms with Crippen LogP contribution in [0.2, 0.25) is 0 Å². The van der Waals surface area contributed by atoms with Gasteiger partial charge in [-0.1, -0.05) is 19.1 Å². The number of rotatable bonds is 5. The first-order chi connectivity index (χ1) is 8.33. The molecule has 1 rings (SSSR count). The zero-order chi connectivity index (χ0) is 13.8. The van der Waals surface area contributed by atoms with Gasteiger partial charge in [0.1, 0.15) is 5.82 Å². The van der Waals surface area contributed by atoms with E-state index in [1.807, 2.05) is 13.0 Å². The molecule has 0 aromatic heterocycles. The van der Waals surface area contributed by atoms with Gasteiger partial charge in [-0.2, -0.15) is 0 Å². The van der Waals surface area contributed by atoms with Gasteiger partial charge < -0.3 is 10.4 Å². The van der Waals surface area contributed by atoms with Crippen LogP contribution < -0.4 is 5.32 Å². The summed E-state index contributed by atoms with van der Waals surface area (Å²) in [6, 6.07) is 5.12. The number of aliphatic hydroxyl groups is 1. The standard InChI is InChI=1S/C14H22FNOS/c1-10(9-17)18-13-11(6-5-7-12(13)15)8-16-14(2,3)4/h5-7,10,16-17H,8-9H2,1-4H3. The maximum absolute atomic E-state index is 13.8. The van der Waals surface area contributed by atoms with Gasteiger partial charge in [0, 0.05) is 22.2 Å². The van der Waals surface area contributed by atoms with Gasteiger partial charge in [0.15, 0.2) is 0 Å². The number of thioether (sulfide) groups is 1. The van der Waals surface area contributed by atoms with Crippen LogP contribution in [0.15, 0.2) is 23.1 Å². The highest BCUT2D eigenvalue weighted by Gasteiger charge is 2.15. The van der Waals surface area contributed by atoms with Crippen LogP contribution in [0.3, 0.4) is 0 Å². The highest BCUT2D eigenvalue weighted by Crippen LogP contribution is 2.29. The quantitative estimate of drug-likeness (QED) is 0.807. The van der Waals surface area contributed by atoms with Crippen molar-refractivity contribution in [3.63, 3.8) is 0 Å². The molecule has 0 saturated heterocycles. The second-order valence-electron chi connectivity index (χ2n) is 5.44. The Labute approximate surface area is 113 Å². The molecule has 4 heteroatoms. The lowest BCUT2D eigenvalue weighted by Gasteiger charge is -2.22. The molecule has 0 fully saturated rings. The van der Waals surface area contributed by atoms with Crippen molar-refractivity contribution in [2.75, 3.05) is 6.61 Å². The highest BCUT2D eigenvalue weighted by atomic mass is 32.2. The van der Waals surface area contributed by atoms with Gasteiger partial charge in [0.2, 0.25) is 0 Å². The molecule has 1 aromatic rings. The SMILES string of the molecule is CC(CO)Sc1c(F)cccc1CNC(C)(C)C. The third-order valence-corrected chi connectivity index (χ3v) is 3.68. The normalized spacial score (nSPS) is 13.7. The molecule has 18 heavy (non-hydrogen) atoms. The molecule has 0 bridgehead atoms. The van der Waals surface area contributed by atoms with Crippen molar-refractivity contribution < 1.29 is 9.50 Å². The van der Waals surface area contributed by atoms with E-state index in [4.69, 9.17) is 5.11 Å². The summed E-state index contributed by atoms with van der Waals surface area (Å²) in [4.78, 5) is 0.635. The predicted octanol–water partition coefficient (Wildman–Crippen LogP) is 3.19. The van der Waals surface area contributed by atoms with E-state index in [0.717, 1.165) is 5.56 Å². The van der Waals surface area contributed by atoms with Crippen LogP contribution in [0.1, 0.15) is 33.3 Å². The molecule has 0 amide bonds. The molecule has 2 N–H and O–H groups in total. The third kappa shape index (κ3) is 4.96. The lowest BCUT2D eigenvalue weighted by molar-refractivity contribution is 0.300. The fraction of sp³-hybridized carbons (Fsp3) is 0.571. The van der Waals surface area contributed by atoms with E-state index < -0.39 is 0 Å². The van der Waals surface area contributed by atoms with Gasteiger partial charge in [-0.3, -0.25) is 0 Å². The summed E-state index contributed by atoms with van der Waals surface area (Å²) >= 11 is 1.38. The van der Waals surface area contributed by atoms with E-state index in [-0.39, 0.29) is 23.2 Å². The molecule has 0 aliphatic rings. The highest BCUT2D eigenvalue weighted by molar-refractivity contribution is 8.00. The first-order valence-electron chi connectivity index (χ1n) is 6.13. The van der Waals surface area contributed by atoms with Crippen molar-refractivity contribution in [3.8, 4) is 0 Å². The van der Waals surface area contributed by atoms with Crippen molar-refractivity contribution in [1.82, 2.24) is 5.32 Å². The van der Waals surface area contributed by atoms with Crippen LogP contribution in [-0.2, 0) is 6.54 Å². The molecule has 102 valence electrons. The maximum Gasteiger partial charge on any atom is 0.137 e. The van der Waals surface area contributed by atoms with Gasteiger partial charge in [0.25, 0.3) is 0 Å². The second kappa shape index (κ2) is 6.55. The number of halogens is 1. The summed E-state index contributed by atoms with van der Waals surface area (Å²) in [5.74, 6) is -0.214. The zero-order valence-corrected chi connectivity index (χ0v) is 12.3. The average molecular weight is 271 g/mol. The number of benzene rings is 1. The van der Waals surface area contributed by atoms with Gasteiger partial charge in [0.05, 0.1) is 6.61 Å².